The van der Waals surface area contributed by atoms with Crippen molar-refractivity contribution in [2.45, 2.75) is 6.54 Å². The Kier molecular flexibility index (Phi) is 2.41. The Labute approximate surface area is 87.1 Å². The number of hydrogen-bond acceptors (Lipinski definition) is 2. The Morgan fingerprint density at radius 1 is 1.36 bits per heavy atom. The molecule has 0 aliphatic carbocycles. The summed E-state index contributed by atoms with van der Waals surface area (Å²) in [7, 11) is 0. The third-order valence-corrected chi connectivity index (χ3v) is 2.18. The van der Waals surface area contributed by atoms with Crippen molar-refractivity contribution in [3.8, 4) is 0 Å². The predicted molar refractivity (Wildman–Crippen MR) is 57.2 cm³/mol. The maximum Gasteiger partial charge on any atom is 0.0785 e. The second-order valence-electron chi connectivity index (χ2n) is 3.05. The molecule has 4 heteroatoms. The van der Waals surface area contributed by atoms with Crippen LogP contribution in [-0.4, -0.2) is 9.78 Å². The molecule has 14 heavy (non-hydrogen) atoms. The molecular formula is C10H10ClN3. The summed E-state index contributed by atoms with van der Waals surface area (Å²) in [5, 5.41) is 4.72. The van der Waals surface area contributed by atoms with Gasteiger partial charge in [0.25, 0.3) is 0 Å². The van der Waals surface area contributed by atoms with Crippen LogP contribution in [-0.2, 0) is 6.54 Å². The van der Waals surface area contributed by atoms with Crippen LogP contribution in [0.15, 0.2) is 36.7 Å². The van der Waals surface area contributed by atoms with Gasteiger partial charge in [0.05, 0.1) is 17.8 Å². The first-order valence-corrected chi connectivity index (χ1v) is 4.65. The molecule has 2 N–H and O–H groups in total. The zero-order valence-corrected chi connectivity index (χ0v) is 8.28. The summed E-state index contributed by atoms with van der Waals surface area (Å²) in [6.45, 7) is 0.652. The predicted octanol–water partition coefficient (Wildman–Crippen LogP) is 2.17. The minimum atomic E-state index is 0.638. The van der Waals surface area contributed by atoms with Crippen molar-refractivity contribution in [1.82, 2.24) is 9.78 Å². The maximum atomic E-state index is 5.80. The van der Waals surface area contributed by atoms with Crippen molar-refractivity contribution in [3.63, 3.8) is 0 Å². The molecule has 72 valence electrons. The van der Waals surface area contributed by atoms with Crippen LogP contribution >= 0.6 is 11.6 Å². The SMILES string of the molecule is Nc1ccccc1Cn1cc(Cl)cn1. The number of rotatable bonds is 2. The summed E-state index contributed by atoms with van der Waals surface area (Å²) in [5.74, 6) is 0. The normalized spacial score (nSPS) is 10.4. The Balaban J connectivity index is 2.23. The molecule has 0 atom stereocenters. The van der Waals surface area contributed by atoms with Crippen molar-refractivity contribution in [3.05, 3.63) is 47.2 Å². The van der Waals surface area contributed by atoms with E-state index in [-0.39, 0.29) is 0 Å². The van der Waals surface area contributed by atoms with Crippen LogP contribution in [0.1, 0.15) is 5.56 Å². The Morgan fingerprint density at radius 3 is 2.79 bits per heavy atom. The van der Waals surface area contributed by atoms with Gasteiger partial charge in [-0.2, -0.15) is 5.10 Å². The Hall–Kier alpha value is -1.48. The highest BCUT2D eigenvalue weighted by Gasteiger charge is 2.00. The lowest BCUT2D eigenvalue weighted by atomic mass is 10.2. The largest absolute Gasteiger partial charge is 0.398 e. The lowest BCUT2D eigenvalue weighted by Crippen LogP contribution is -2.02. The average Bonchev–Trinajstić information content (AvgIpc) is 2.56. The van der Waals surface area contributed by atoms with E-state index in [0.717, 1.165) is 11.3 Å². The number of benzene rings is 1. The number of anilines is 1. The molecule has 2 rings (SSSR count). The number of para-hydroxylation sites is 1. The number of halogens is 1. The van der Waals surface area contributed by atoms with Gasteiger partial charge in [-0.3, -0.25) is 4.68 Å². The molecule has 0 radical (unpaired) electrons. The van der Waals surface area contributed by atoms with Gasteiger partial charge in [0.2, 0.25) is 0 Å². The second-order valence-corrected chi connectivity index (χ2v) is 3.49. The smallest absolute Gasteiger partial charge is 0.0785 e. The van der Waals surface area contributed by atoms with E-state index in [4.69, 9.17) is 17.3 Å². The van der Waals surface area contributed by atoms with Crippen molar-refractivity contribution in [2.24, 2.45) is 0 Å². The standard InChI is InChI=1S/C10H10ClN3/c11-9-5-13-14(7-9)6-8-3-1-2-4-10(8)12/h1-5,7H,6,12H2. The summed E-state index contributed by atoms with van der Waals surface area (Å²) < 4.78 is 1.76. The fraction of sp³-hybridized carbons (Fsp3) is 0.100. The lowest BCUT2D eigenvalue weighted by molar-refractivity contribution is 0.688. The topological polar surface area (TPSA) is 43.8 Å². The number of aromatic nitrogens is 2. The van der Waals surface area contributed by atoms with Crippen LogP contribution in [0.2, 0.25) is 5.02 Å². The average molecular weight is 208 g/mol. The molecule has 0 amide bonds. The van der Waals surface area contributed by atoms with Gasteiger partial charge in [-0.25, -0.2) is 0 Å². The summed E-state index contributed by atoms with van der Waals surface area (Å²) in [4.78, 5) is 0. The molecule has 1 aromatic heterocycles. The van der Waals surface area contributed by atoms with Crippen molar-refractivity contribution in [2.75, 3.05) is 5.73 Å². The number of nitrogens with two attached hydrogens (primary N) is 1. The van der Waals surface area contributed by atoms with Crippen molar-refractivity contribution < 1.29 is 0 Å². The molecular weight excluding hydrogens is 198 g/mol. The zero-order valence-electron chi connectivity index (χ0n) is 7.52. The van der Waals surface area contributed by atoms with E-state index in [1.165, 1.54) is 0 Å². The number of nitrogens with zero attached hydrogens (tertiary/aromatic N) is 2. The molecule has 0 aliphatic rings. The molecule has 1 aromatic carbocycles. The first-order chi connectivity index (χ1) is 6.75. The fourth-order valence-corrected chi connectivity index (χ4v) is 1.43. The van der Waals surface area contributed by atoms with Crippen LogP contribution in [0.4, 0.5) is 5.69 Å². The third-order valence-electron chi connectivity index (χ3n) is 1.99. The molecule has 0 saturated heterocycles. The highest BCUT2D eigenvalue weighted by atomic mass is 35.5. The summed E-state index contributed by atoms with van der Waals surface area (Å²) in [5.41, 5.74) is 7.63. The number of hydrogen-bond donors (Lipinski definition) is 1. The van der Waals surface area contributed by atoms with Crippen molar-refractivity contribution >= 4 is 17.3 Å². The molecule has 3 nitrogen and oxygen atoms in total. The van der Waals surface area contributed by atoms with Crippen LogP contribution in [0.25, 0.3) is 0 Å². The van der Waals surface area contributed by atoms with Gasteiger partial charge in [-0.15, -0.1) is 0 Å². The van der Waals surface area contributed by atoms with Crippen LogP contribution < -0.4 is 5.73 Å². The summed E-state index contributed by atoms with van der Waals surface area (Å²) in [6.07, 6.45) is 3.38. The monoisotopic (exact) mass is 207 g/mol. The highest BCUT2D eigenvalue weighted by Crippen LogP contribution is 2.13. The van der Waals surface area contributed by atoms with Gasteiger partial charge >= 0.3 is 0 Å². The van der Waals surface area contributed by atoms with Gasteiger partial charge in [0.1, 0.15) is 0 Å². The molecule has 0 saturated carbocycles. The molecule has 0 unspecified atom stereocenters. The quantitative estimate of drug-likeness (QED) is 0.767. The van der Waals surface area contributed by atoms with Crippen LogP contribution in [0.5, 0.6) is 0 Å². The summed E-state index contributed by atoms with van der Waals surface area (Å²) in [6, 6.07) is 7.72. The van der Waals surface area contributed by atoms with Crippen LogP contribution in [0, 0.1) is 0 Å². The molecule has 1 heterocycles. The van der Waals surface area contributed by atoms with E-state index < -0.39 is 0 Å². The van der Waals surface area contributed by atoms with E-state index in [1.807, 2.05) is 24.3 Å². The van der Waals surface area contributed by atoms with Gasteiger partial charge in [-0.05, 0) is 11.6 Å². The lowest BCUT2D eigenvalue weighted by Gasteiger charge is -2.04. The minimum Gasteiger partial charge on any atom is -0.398 e. The molecule has 2 aromatic rings. The van der Waals surface area contributed by atoms with E-state index in [1.54, 1.807) is 17.1 Å². The zero-order chi connectivity index (χ0) is 9.97. The van der Waals surface area contributed by atoms with Gasteiger partial charge in [-0.1, -0.05) is 29.8 Å². The van der Waals surface area contributed by atoms with Gasteiger partial charge in [0.15, 0.2) is 0 Å². The highest BCUT2D eigenvalue weighted by molar-refractivity contribution is 6.30. The van der Waals surface area contributed by atoms with E-state index >= 15 is 0 Å². The first kappa shape index (κ1) is 9.09. The maximum absolute atomic E-state index is 5.80. The molecule has 0 bridgehead atoms. The van der Waals surface area contributed by atoms with Gasteiger partial charge in [0, 0.05) is 11.9 Å². The third kappa shape index (κ3) is 1.88. The van der Waals surface area contributed by atoms with E-state index in [0.29, 0.717) is 11.6 Å². The molecule has 0 fully saturated rings. The van der Waals surface area contributed by atoms with Crippen molar-refractivity contribution in [1.29, 1.82) is 0 Å². The Morgan fingerprint density at radius 2 is 2.14 bits per heavy atom. The Bertz CT molecular complexity index is 436. The van der Waals surface area contributed by atoms with E-state index in [2.05, 4.69) is 5.10 Å². The summed E-state index contributed by atoms with van der Waals surface area (Å²) >= 11 is 5.75. The fourth-order valence-electron chi connectivity index (χ4n) is 1.28. The molecule has 0 aliphatic heterocycles. The minimum absolute atomic E-state index is 0.638. The van der Waals surface area contributed by atoms with Gasteiger partial charge < -0.3 is 5.73 Å². The number of nitrogen functional groups attached to an aromatic ring is 1. The molecule has 0 spiro atoms. The second kappa shape index (κ2) is 3.72. The first-order valence-electron chi connectivity index (χ1n) is 4.27. The van der Waals surface area contributed by atoms with Crippen LogP contribution in [0.3, 0.4) is 0 Å². The van der Waals surface area contributed by atoms with E-state index in [9.17, 15) is 0 Å².